The highest BCUT2D eigenvalue weighted by molar-refractivity contribution is 7.17. The zero-order valence-corrected chi connectivity index (χ0v) is 20.4. The van der Waals surface area contributed by atoms with Crippen LogP contribution in [0.5, 0.6) is 0 Å². The third kappa shape index (κ3) is 5.82. The Bertz CT molecular complexity index is 814. The quantitative estimate of drug-likeness (QED) is 0.523. The lowest BCUT2D eigenvalue weighted by atomic mass is 9.79. The van der Waals surface area contributed by atoms with Crippen LogP contribution in [0.25, 0.3) is 0 Å². The lowest BCUT2D eigenvalue weighted by Crippen LogP contribution is -2.36. The predicted octanol–water partition coefficient (Wildman–Crippen LogP) is 5.37. The minimum absolute atomic E-state index is 0.00895. The second-order valence-corrected chi connectivity index (χ2v) is 9.75. The van der Waals surface area contributed by atoms with Crippen LogP contribution in [0.15, 0.2) is 0 Å². The molecule has 178 valence electrons. The van der Waals surface area contributed by atoms with Gasteiger partial charge in [-0.15, -0.1) is 11.3 Å². The number of ether oxygens (including phenoxy) is 2. The number of carbonyl (C=O) groups excluding carboxylic acids is 3. The van der Waals surface area contributed by atoms with Crippen LogP contribution in [-0.4, -0.2) is 42.6 Å². The average Bonchev–Trinajstić information content (AvgIpc) is 3.15. The van der Waals surface area contributed by atoms with Crippen LogP contribution in [-0.2, 0) is 27.2 Å². The van der Waals surface area contributed by atoms with Crippen LogP contribution < -0.4 is 5.32 Å². The molecule has 0 bridgehead atoms. The monoisotopic (exact) mass is 464 g/mol. The molecule has 32 heavy (non-hydrogen) atoms. The Balaban J connectivity index is 1.72. The zero-order chi connectivity index (χ0) is 23.1. The van der Waals surface area contributed by atoms with Crippen molar-refractivity contribution in [3.05, 3.63) is 16.0 Å². The van der Waals surface area contributed by atoms with Gasteiger partial charge in [-0.2, -0.15) is 0 Å². The molecule has 1 N–H and O–H groups in total. The van der Waals surface area contributed by atoms with Gasteiger partial charge in [0.2, 0.25) is 5.91 Å². The summed E-state index contributed by atoms with van der Waals surface area (Å²) in [5.41, 5.74) is 1.34. The van der Waals surface area contributed by atoms with E-state index in [0.29, 0.717) is 36.7 Å². The molecule has 1 aliphatic heterocycles. The minimum atomic E-state index is -0.409. The van der Waals surface area contributed by atoms with Gasteiger partial charge in [0.05, 0.1) is 25.3 Å². The van der Waals surface area contributed by atoms with Gasteiger partial charge in [0.15, 0.2) is 0 Å². The van der Waals surface area contributed by atoms with E-state index in [0.717, 1.165) is 42.0 Å². The fraction of sp³-hybridized carbons (Fsp3) is 0.708. The Morgan fingerprint density at radius 1 is 1.06 bits per heavy atom. The first-order valence-electron chi connectivity index (χ1n) is 12.0. The van der Waals surface area contributed by atoms with E-state index in [9.17, 15) is 14.4 Å². The molecule has 1 fully saturated rings. The number of nitrogens with one attached hydrogen (secondary N) is 1. The van der Waals surface area contributed by atoms with Crippen LogP contribution >= 0.6 is 11.3 Å². The first-order valence-corrected chi connectivity index (χ1v) is 12.8. The van der Waals surface area contributed by atoms with Gasteiger partial charge < -0.3 is 19.7 Å². The van der Waals surface area contributed by atoms with Crippen LogP contribution in [0, 0.1) is 11.8 Å². The Morgan fingerprint density at radius 2 is 1.78 bits per heavy atom. The van der Waals surface area contributed by atoms with Gasteiger partial charge in [0.1, 0.15) is 5.00 Å². The molecule has 0 atom stereocenters. The number of nitrogens with zero attached hydrogens (tertiary/aromatic N) is 1. The lowest BCUT2D eigenvalue weighted by molar-refractivity contribution is -0.121. The third-order valence-electron chi connectivity index (χ3n) is 6.48. The van der Waals surface area contributed by atoms with Crippen molar-refractivity contribution in [1.29, 1.82) is 0 Å². The Hall–Kier alpha value is -2.09. The summed E-state index contributed by atoms with van der Waals surface area (Å²) >= 11 is 1.38. The predicted molar refractivity (Wildman–Crippen MR) is 125 cm³/mol. The number of hydrogen-bond donors (Lipinski definition) is 1. The molecular weight excluding hydrogens is 428 g/mol. The number of rotatable bonds is 8. The van der Waals surface area contributed by atoms with E-state index < -0.39 is 5.97 Å². The average molecular weight is 465 g/mol. The van der Waals surface area contributed by atoms with E-state index in [2.05, 4.69) is 12.2 Å². The van der Waals surface area contributed by atoms with Gasteiger partial charge in [-0.25, -0.2) is 9.59 Å². The number of hydrogen-bond acceptors (Lipinski definition) is 6. The molecule has 2 aliphatic rings. The Kier molecular flexibility index (Phi) is 8.96. The maximum atomic E-state index is 13.1. The van der Waals surface area contributed by atoms with Crippen LogP contribution in [0.3, 0.4) is 0 Å². The van der Waals surface area contributed by atoms with Crippen LogP contribution in [0.1, 0.15) is 86.5 Å². The highest BCUT2D eigenvalue weighted by Gasteiger charge is 2.33. The molecule has 0 spiro atoms. The molecule has 2 amide bonds. The SMILES string of the molecule is CCCCC1CCC(C(=O)Nc2sc3c(c2C(=O)OCC)CCN(C(=O)OCC)C3)CC1. The van der Waals surface area contributed by atoms with Gasteiger partial charge in [-0.3, -0.25) is 4.79 Å². The number of amides is 2. The molecule has 8 heteroatoms. The summed E-state index contributed by atoms with van der Waals surface area (Å²) in [5, 5.41) is 3.60. The largest absolute Gasteiger partial charge is 0.462 e. The summed E-state index contributed by atoms with van der Waals surface area (Å²) in [5.74, 6) is 0.300. The lowest BCUT2D eigenvalue weighted by Gasteiger charge is -2.27. The highest BCUT2D eigenvalue weighted by Crippen LogP contribution is 2.39. The van der Waals surface area contributed by atoms with Crippen molar-refractivity contribution in [3.63, 3.8) is 0 Å². The number of esters is 1. The number of unbranched alkanes of at least 4 members (excludes halogenated alkanes) is 1. The van der Waals surface area contributed by atoms with Crippen molar-refractivity contribution in [2.45, 2.75) is 78.7 Å². The van der Waals surface area contributed by atoms with Gasteiger partial charge in [0, 0.05) is 17.3 Å². The summed E-state index contributed by atoms with van der Waals surface area (Å²) in [6.07, 6.45) is 7.91. The maximum Gasteiger partial charge on any atom is 0.410 e. The summed E-state index contributed by atoms with van der Waals surface area (Å²) in [4.78, 5) is 40.5. The minimum Gasteiger partial charge on any atom is -0.462 e. The molecular formula is C24H36N2O5S. The summed E-state index contributed by atoms with van der Waals surface area (Å²) in [6.45, 7) is 7.22. The standard InChI is InChI=1S/C24H36N2O5S/c1-4-7-8-16-9-11-17(12-10-16)21(27)25-22-20(23(28)30-5-2)18-13-14-26(15-19(18)32-22)24(29)31-6-3/h16-17H,4-15H2,1-3H3,(H,25,27). The summed E-state index contributed by atoms with van der Waals surface area (Å²) in [6, 6.07) is 0. The number of carbonyl (C=O) groups is 3. The number of thiophene rings is 1. The second kappa shape index (κ2) is 11.7. The topological polar surface area (TPSA) is 84.9 Å². The molecule has 0 saturated heterocycles. The number of fused-ring (bicyclic) bond motifs is 1. The van der Waals surface area contributed by atoms with E-state index in [-0.39, 0.29) is 24.5 Å². The molecule has 0 unspecified atom stereocenters. The van der Waals surface area contributed by atoms with E-state index in [1.165, 1.54) is 30.6 Å². The van der Waals surface area contributed by atoms with Crippen molar-refractivity contribution in [1.82, 2.24) is 4.90 Å². The maximum absolute atomic E-state index is 13.1. The smallest absolute Gasteiger partial charge is 0.410 e. The number of anilines is 1. The fourth-order valence-electron chi connectivity index (χ4n) is 4.70. The molecule has 1 aliphatic carbocycles. The van der Waals surface area contributed by atoms with Crippen molar-refractivity contribution in [2.24, 2.45) is 11.8 Å². The molecule has 1 aromatic heterocycles. The molecule has 1 saturated carbocycles. The summed E-state index contributed by atoms with van der Waals surface area (Å²) < 4.78 is 10.4. The van der Waals surface area contributed by atoms with Crippen LogP contribution in [0.4, 0.5) is 9.80 Å². The van der Waals surface area contributed by atoms with E-state index in [1.807, 2.05) is 0 Å². The normalized spacial score (nSPS) is 20.4. The van der Waals surface area contributed by atoms with Gasteiger partial charge >= 0.3 is 12.1 Å². The Labute approximate surface area is 194 Å². The van der Waals surface area contributed by atoms with Crippen molar-refractivity contribution >= 4 is 34.3 Å². The highest BCUT2D eigenvalue weighted by atomic mass is 32.1. The van der Waals surface area contributed by atoms with E-state index >= 15 is 0 Å². The first-order chi connectivity index (χ1) is 15.5. The van der Waals surface area contributed by atoms with E-state index in [1.54, 1.807) is 18.7 Å². The van der Waals surface area contributed by atoms with E-state index in [4.69, 9.17) is 9.47 Å². The van der Waals surface area contributed by atoms with Crippen LogP contribution in [0.2, 0.25) is 0 Å². The molecule has 0 aromatic carbocycles. The zero-order valence-electron chi connectivity index (χ0n) is 19.5. The Morgan fingerprint density at radius 3 is 2.44 bits per heavy atom. The second-order valence-electron chi connectivity index (χ2n) is 8.65. The molecule has 0 radical (unpaired) electrons. The molecule has 7 nitrogen and oxygen atoms in total. The molecule has 1 aromatic rings. The summed E-state index contributed by atoms with van der Waals surface area (Å²) in [7, 11) is 0. The van der Waals surface area contributed by atoms with Gasteiger partial charge in [0.25, 0.3) is 0 Å². The first kappa shape index (κ1) is 24.6. The van der Waals surface area contributed by atoms with Crippen molar-refractivity contribution in [2.75, 3.05) is 25.1 Å². The van der Waals surface area contributed by atoms with Gasteiger partial charge in [-0.05, 0) is 57.4 Å². The molecule has 2 heterocycles. The van der Waals surface area contributed by atoms with Gasteiger partial charge in [-0.1, -0.05) is 26.2 Å². The van der Waals surface area contributed by atoms with Crippen molar-refractivity contribution < 1.29 is 23.9 Å². The fourth-order valence-corrected chi connectivity index (χ4v) is 5.96. The molecule has 3 rings (SSSR count). The third-order valence-corrected chi connectivity index (χ3v) is 7.61. The van der Waals surface area contributed by atoms with Crippen molar-refractivity contribution in [3.8, 4) is 0 Å².